The Kier molecular flexibility index (Phi) is 11.0. The molecular weight excluding hydrogens is 547 g/mol. The molecule has 40 heavy (non-hydrogen) atoms. The van der Waals surface area contributed by atoms with Gasteiger partial charge in [0.05, 0.1) is 19.4 Å². The minimum atomic E-state index is -3.24. The SMILES string of the molecule is CCOP(=O)(Cc1ccc(NC(=O)CCCNC(=O)[C@H]2O[C@@H](n3cc(C)c(=O)[nH]c3=O)[C@@H](O)[C@H]2O)cc1)OCC. The van der Waals surface area contributed by atoms with Crippen LogP contribution in [0.3, 0.4) is 0 Å². The number of carbonyl (C=O) groups excluding carboxylic acids is 2. The Morgan fingerprint density at radius 3 is 2.38 bits per heavy atom. The number of rotatable bonds is 13. The number of hydrogen-bond acceptors (Lipinski definition) is 10. The summed E-state index contributed by atoms with van der Waals surface area (Å²) in [5.74, 6) is -1.02. The summed E-state index contributed by atoms with van der Waals surface area (Å²) in [6.07, 6.45) is -4.42. The highest BCUT2D eigenvalue weighted by Gasteiger charge is 2.47. The van der Waals surface area contributed by atoms with E-state index in [-0.39, 0.29) is 50.2 Å². The summed E-state index contributed by atoms with van der Waals surface area (Å²) in [7, 11) is -3.24. The zero-order valence-electron chi connectivity index (χ0n) is 22.5. The molecule has 0 bridgehead atoms. The van der Waals surface area contributed by atoms with Crippen molar-refractivity contribution in [2.75, 3.05) is 25.1 Å². The van der Waals surface area contributed by atoms with Crippen molar-refractivity contribution in [1.29, 1.82) is 0 Å². The third-order valence-electron chi connectivity index (χ3n) is 6.06. The number of nitrogens with one attached hydrogen (secondary N) is 3. The van der Waals surface area contributed by atoms with E-state index < -0.39 is 49.3 Å². The topological polar surface area (TPSA) is 198 Å². The van der Waals surface area contributed by atoms with Gasteiger partial charge in [-0.05, 0) is 44.9 Å². The second-order valence-corrected chi connectivity index (χ2v) is 11.2. The summed E-state index contributed by atoms with van der Waals surface area (Å²) in [5.41, 5.74) is -0.00688. The number of aryl methyl sites for hydroxylation is 1. The molecule has 2 amide bonds. The minimum Gasteiger partial charge on any atom is -0.387 e. The van der Waals surface area contributed by atoms with E-state index >= 15 is 0 Å². The van der Waals surface area contributed by atoms with Crippen LogP contribution in [0.2, 0.25) is 0 Å². The number of nitrogens with zero attached hydrogens (tertiary/aromatic N) is 1. The highest BCUT2D eigenvalue weighted by atomic mass is 31.2. The first-order chi connectivity index (χ1) is 19.0. The molecule has 0 radical (unpaired) electrons. The quantitative estimate of drug-likeness (QED) is 0.166. The third kappa shape index (κ3) is 7.96. The van der Waals surface area contributed by atoms with Gasteiger partial charge in [-0.2, -0.15) is 0 Å². The number of carbonyl (C=O) groups is 2. The lowest BCUT2D eigenvalue weighted by Crippen LogP contribution is -2.43. The van der Waals surface area contributed by atoms with Gasteiger partial charge in [0.1, 0.15) is 12.2 Å². The number of anilines is 1. The molecule has 3 rings (SSSR count). The monoisotopic (exact) mass is 582 g/mol. The average Bonchev–Trinajstić information content (AvgIpc) is 3.19. The highest BCUT2D eigenvalue weighted by molar-refractivity contribution is 7.53. The van der Waals surface area contributed by atoms with Gasteiger partial charge in [0, 0.05) is 30.4 Å². The van der Waals surface area contributed by atoms with E-state index in [1.807, 2.05) is 0 Å². The Balaban J connectivity index is 1.45. The first-order valence-electron chi connectivity index (χ1n) is 12.9. The van der Waals surface area contributed by atoms with Gasteiger partial charge in [-0.3, -0.25) is 28.5 Å². The van der Waals surface area contributed by atoms with Crippen LogP contribution >= 0.6 is 7.60 Å². The van der Waals surface area contributed by atoms with Crippen LogP contribution in [-0.4, -0.2) is 69.6 Å². The lowest BCUT2D eigenvalue weighted by atomic mass is 10.1. The second-order valence-electron chi connectivity index (χ2n) is 9.15. The first-order valence-corrected chi connectivity index (χ1v) is 14.6. The van der Waals surface area contributed by atoms with Crippen molar-refractivity contribution in [3.05, 3.63) is 62.4 Å². The van der Waals surface area contributed by atoms with Gasteiger partial charge in [0.25, 0.3) is 11.5 Å². The normalized spacial score (nSPS) is 20.8. The van der Waals surface area contributed by atoms with E-state index in [1.54, 1.807) is 38.1 Å². The number of H-pyrrole nitrogens is 1. The summed E-state index contributed by atoms with van der Waals surface area (Å²) in [5, 5.41) is 25.9. The Labute approximate surface area is 230 Å². The Bertz CT molecular complexity index is 1330. The molecule has 15 heteroatoms. The lowest BCUT2D eigenvalue weighted by Gasteiger charge is -2.17. The van der Waals surface area contributed by atoms with Crippen molar-refractivity contribution in [2.45, 2.75) is 64.3 Å². The molecule has 0 spiro atoms. The van der Waals surface area contributed by atoms with E-state index in [1.165, 1.54) is 13.1 Å². The molecule has 5 N–H and O–H groups in total. The van der Waals surface area contributed by atoms with Crippen molar-refractivity contribution < 1.29 is 38.2 Å². The van der Waals surface area contributed by atoms with E-state index in [4.69, 9.17) is 13.8 Å². The molecule has 1 fully saturated rings. The fourth-order valence-corrected chi connectivity index (χ4v) is 5.81. The fraction of sp³-hybridized carbons (Fsp3) is 0.520. The predicted molar refractivity (Wildman–Crippen MR) is 144 cm³/mol. The molecule has 0 aliphatic carbocycles. The average molecular weight is 583 g/mol. The van der Waals surface area contributed by atoms with E-state index in [2.05, 4.69) is 15.6 Å². The van der Waals surface area contributed by atoms with E-state index in [9.17, 15) is 34.0 Å². The second kappa shape index (κ2) is 14.0. The Morgan fingerprint density at radius 2 is 1.75 bits per heavy atom. The molecule has 220 valence electrons. The van der Waals surface area contributed by atoms with Gasteiger partial charge in [0.15, 0.2) is 12.3 Å². The van der Waals surface area contributed by atoms with Crippen molar-refractivity contribution in [1.82, 2.24) is 14.9 Å². The standard InChI is InChI=1S/C25H35N4O10P/c1-4-37-40(36,38-5-2)14-16-8-10-17(11-9-16)27-18(30)7-6-12-26-23(34)21-19(31)20(32)24(39-21)29-13-15(3)22(33)28-25(29)35/h8-11,13,19-21,24,31-32H,4-7,12,14H2,1-3H3,(H,26,34)(H,27,30)(H,28,33,35)/t19-,20+,21+,24-/m1/s1. The number of benzene rings is 1. The van der Waals surface area contributed by atoms with Crippen LogP contribution in [0.4, 0.5) is 5.69 Å². The van der Waals surface area contributed by atoms with Crippen LogP contribution in [-0.2, 0) is 34.1 Å². The number of ether oxygens (including phenoxy) is 1. The number of aliphatic hydroxyl groups excluding tert-OH is 2. The van der Waals surface area contributed by atoms with Gasteiger partial charge in [0.2, 0.25) is 5.91 Å². The number of hydrogen-bond donors (Lipinski definition) is 5. The summed E-state index contributed by atoms with van der Waals surface area (Å²) in [6, 6.07) is 6.79. The van der Waals surface area contributed by atoms with E-state index in [0.29, 0.717) is 5.69 Å². The van der Waals surface area contributed by atoms with Crippen LogP contribution in [0.1, 0.15) is 44.0 Å². The molecule has 1 saturated heterocycles. The zero-order valence-corrected chi connectivity index (χ0v) is 23.4. The van der Waals surface area contributed by atoms with Crippen LogP contribution < -0.4 is 21.9 Å². The van der Waals surface area contributed by atoms with Crippen molar-refractivity contribution in [3.63, 3.8) is 0 Å². The molecule has 4 atom stereocenters. The summed E-state index contributed by atoms with van der Waals surface area (Å²) >= 11 is 0. The van der Waals surface area contributed by atoms with Crippen LogP contribution in [0.25, 0.3) is 0 Å². The van der Waals surface area contributed by atoms with Gasteiger partial charge in [-0.1, -0.05) is 12.1 Å². The molecule has 2 aromatic rings. The van der Waals surface area contributed by atoms with Gasteiger partial charge in [-0.25, -0.2) is 4.79 Å². The molecule has 1 aromatic carbocycles. The number of amides is 2. The maximum absolute atomic E-state index is 12.7. The molecule has 14 nitrogen and oxygen atoms in total. The number of aliphatic hydroxyl groups is 2. The summed E-state index contributed by atoms with van der Waals surface area (Å²) < 4.78 is 29.6. The third-order valence-corrected chi connectivity index (χ3v) is 8.12. The largest absolute Gasteiger partial charge is 0.387 e. The minimum absolute atomic E-state index is 0.0806. The van der Waals surface area contributed by atoms with Crippen molar-refractivity contribution in [2.24, 2.45) is 0 Å². The lowest BCUT2D eigenvalue weighted by molar-refractivity contribution is -0.138. The summed E-state index contributed by atoms with van der Waals surface area (Å²) in [6.45, 7) is 5.54. The van der Waals surface area contributed by atoms with Gasteiger partial charge in [-0.15, -0.1) is 0 Å². The van der Waals surface area contributed by atoms with Crippen LogP contribution in [0, 0.1) is 6.92 Å². The maximum atomic E-state index is 12.7. The molecule has 2 heterocycles. The molecule has 1 aromatic heterocycles. The van der Waals surface area contributed by atoms with E-state index in [0.717, 1.165) is 10.1 Å². The first kappa shape index (κ1) is 31.4. The van der Waals surface area contributed by atoms with Crippen molar-refractivity contribution in [3.8, 4) is 0 Å². The number of aromatic nitrogens is 2. The zero-order chi connectivity index (χ0) is 29.4. The number of aromatic amines is 1. The predicted octanol–water partition coefficient (Wildman–Crippen LogP) is 0.765. The van der Waals surface area contributed by atoms with Gasteiger partial charge >= 0.3 is 13.3 Å². The fourth-order valence-electron chi connectivity index (χ4n) is 4.10. The smallest absolute Gasteiger partial charge is 0.335 e. The van der Waals surface area contributed by atoms with Crippen LogP contribution in [0.15, 0.2) is 40.1 Å². The maximum Gasteiger partial charge on any atom is 0.335 e. The Hall–Kier alpha value is -3.13. The van der Waals surface area contributed by atoms with Crippen LogP contribution in [0.5, 0.6) is 0 Å². The van der Waals surface area contributed by atoms with Crippen molar-refractivity contribution >= 4 is 25.1 Å². The molecule has 1 aliphatic heterocycles. The molecule has 0 unspecified atom stereocenters. The Morgan fingerprint density at radius 1 is 1.10 bits per heavy atom. The summed E-state index contributed by atoms with van der Waals surface area (Å²) in [4.78, 5) is 50.6. The highest BCUT2D eigenvalue weighted by Crippen LogP contribution is 2.51. The molecular formula is C25H35N4O10P. The molecule has 1 aliphatic rings. The molecule has 0 saturated carbocycles. The van der Waals surface area contributed by atoms with Gasteiger partial charge < -0.3 is 34.6 Å².